The van der Waals surface area contributed by atoms with Crippen molar-refractivity contribution in [3.8, 4) is 6.07 Å². The third kappa shape index (κ3) is 3.85. The van der Waals surface area contributed by atoms with Gasteiger partial charge in [-0.15, -0.1) is 0 Å². The minimum Gasteiger partial charge on any atom is -0.391 e. The van der Waals surface area contributed by atoms with Crippen LogP contribution in [0.5, 0.6) is 0 Å². The molecule has 0 bridgehead atoms. The van der Waals surface area contributed by atoms with Gasteiger partial charge in [0.15, 0.2) is 0 Å². The van der Waals surface area contributed by atoms with Gasteiger partial charge in [-0.2, -0.15) is 5.26 Å². The van der Waals surface area contributed by atoms with Gasteiger partial charge in [-0.1, -0.05) is 0 Å². The monoisotopic (exact) mass is 221 g/mol. The number of aromatic nitrogens is 1. The molecule has 1 atom stereocenters. The zero-order chi connectivity index (χ0) is 11.8. The van der Waals surface area contributed by atoms with Crippen LogP contribution in [0.25, 0.3) is 0 Å². The Hall–Kier alpha value is -1.64. The van der Waals surface area contributed by atoms with Gasteiger partial charge in [0.05, 0.1) is 18.3 Å². The van der Waals surface area contributed by atoms with E-state index in [2.05, 4.69) is 10.3 Å². The molecule has 0 saturated carbocycles. The van der Waals surface area contributed by atoms with E-state index in [9.17, 15) is 5.11 Å². The normalized spacial score (nSPS) is 11.8. The minimum atomic E-state index is -0.494. The number of rotatable bonds is 6. The highest BCUT2D eigenvalue weighted by molar-refractivity contribution is 5.50. The fourth-order valence-electron chi connectivity index (χ4n) is 1.27. The van der Waals surface area contributed by atoms with Crippen LogP contribution in [-0.4, -0.2) is 36.5 Å². The van der Waals surface area contributed by atoms with Crippen LogP contribution in [0.15, 0.2) is 18.3 Å². The maximum Gasteiger partial charge on any atom is 0.143 e. The molecule has 1 heterocycles. The maximum atomic E-state index is 9.40. The standard InChI is InChI=1S/C11H15N3O2/c1-16-8-10(15)4-6-14-11-9(7-12)3-2-5-13-11/h2-3,5,10,15H,4,6,8H2,1H3,(H,13,14). The summed E-state index contributed by atoms with van der Waals surface area (Å²) in [6.07, 6.45) is 1.68. The molecule has 0 amide bonds. The van der Waals surface area contributed by atoms with Gasteiger partial charge in [0.1, 0.15) is 11.9 Å². The number of nitrogens with zero attached hydrogens (tertiary/aromatic N) is 2. The number of hydrogen-bond donors (Lipinski definition) is 2. The van der Waals surface area contributed by atoms with Crippen molar-refractivity contribution in [2.24, 2.45) is 0 Å². The van der Waals surface area contributed by atoms with Crippen molar-refractivity contribution in [1.82, 2.24) is 4.98 Å². The number of aliphatic hydroxyl groups is 1. The summed E-state index contributed by atoms with van der Waals surface area (Å²) < 4.78 is 4.81. The van der Waals surface area contributed by atoms with E-state index in [0.29, 0.717) is 31.0 Å². The van der Waals surface area contributed by atoms with Crippen LogP contribution < -0.4 is 5.32 Å². The van der Waals surface area contributed by atoms with Crippen LogP contribution in [0.3, 0.4) is 0 Å². The lowest BCUT2D eigenvalue weighted by molar-refractivity contribution is 0.0615. The Morgan fingerprint density at radius 1 is 1.69 bits per heavy atom. The second kappa shape index (κ2) is 6.77. The van der Waals surface area contributed by atoms with Gasteiger partial charge in [-0.25, -0.2) is 4.98 Å². The van der Waals surface area contributed by atoms with Gasteiger partial charge in [-0.05, 0) is 18.6 Å². The van der Waals surface area contributed by atoms with E-state index in [4.69, 9.17) is 10.00 Å². The lowest BCUT2D eigenvalue weighted by atomic mass is 10.2. The first-order valence-corrected chi connectivity index (χ1v) is 5.04. The second-order valence-electron chi connectivity index (χ2n) is 3.34. The van der Waals surface area contributed by atoms with Crippen molar-refractivity contribution in [3.63, 3.8) is 0 Å². The van der Waals surface area contributed by atoms with Crippen LogP contribution in [0, 0.1) is 11.3 Å². The Labute approximate surface area is 94.7 Å². The molecule has 0 aliphatic carbocycles. The predicted octanol–water partition coefficient (Wildman–Crippen LogP) is 0.763. The summed E-state index contributed by atoms with van der Waals surface area (Å²) in [5.41, 5.74) is 0.503. The Morgan fingerprint density at radius 2 is 2.50 bits per heavy atom. The molecule has 1 rings (SSSR count). The third-order valence-corrected chi connectivity index (χ3v) is 2.06. The number of nitriles is 1. The highest BCUT2D eigenvalue weighted by Gasteiger charge is 2.05. The SMILES string of the molecule is COCC(O)CCNc1ncccc1C#N. The summed E-state index contributed by atoms with van der Waals surface area (Å²) in [7, 11) is 1.54. The van der Waals surface area contributed by atoms with Gasteiger partial charge >= 0.3 is 0 Å². The van der Waals surface area contributed by atoms with E-state index in [0.717, 1.165) is 0 Å². The summed E-state index contributed by atoms with van der Waals surface area (Å²) >= 11 is 0. The molecule has 0 radical (unpaired) electrons. The summed E-state index contributed by atoms with van der Waals surface area (Å²) in [6.45, 7) is 0.866. The van der Waals surface area contributed by atoms with Crippen LogP contribution >= 0.6 is 0 Å². The van der Waals surface area contributed by atoms with Crippen LogP contribution in [0.2, 0.25) is 0 Å². The molecule has 1 aromatic heterocycles. The highest BCUT2D eigenvalue weighted by Crippen LogP contribution is 2.09. The number of aliphatic hydroxyl groups excluding tert-OH is 1. The fourth-order valence-corrected chi connectivity index (χ4v) is 1.27. The predicted molar refractivity (Wildman–Crippen MR) is 59.9 cm³/mol. The van der Waals surface area contributed by atoms with Crippen molar-refractivity contribution in [2.75, 3.05) is 25.6 Å². The molecule has 5 heteroatoms. The average Bonchev–Trinajstić information content (AvgIpc) is 2.30. The number of methoxy groups -OCH3 is 1. The number of ether oxygens (including phenoxy) is 1. The zero-order valence-corrected chi connectivity index (χ0v) is 9.18. The van der Waals surface area contributed by atoms with Gasteiger partial charge in [-0.3, -0.25) is 0 Å². The smallest absolute Gasteiger partial charge is 0.143 e. The molecule has 0 spiro atoms. The van der Waals surface area contributed by atoms with Crippen molar-refractivity contribution in [2.45, 2.75) is 12.5 Å². The lowest BCUT2D eigenvalue weighted by Crippen LogP contribution is -2.18. The van der Waals surface area contributed by atoms with E-state index in [1.165, 1.54) is 0 Å². The number of anilines is 1. The molecule has 16 heavy (non-hydrogen) atoms. The molecular formula is C11H15N3O2. The fraction of sp³-hybridized carbons (Fsp3) is 0.455. The van der Waals surface area contributed by atoms with Crippen LogP contribution in [0.4, 0.5) is 5.82 Å². The Morgan fingerprint density at radius 3 is 3.19 bits per heavy atom. The van der Waals surface area contributed by atoms with E-state index >= 15 is 0 Å². The van der Waals surface area contributed by atoms with Crippen molar-refractivity contribution in [3.05, 3.63) is 23.9 Å². The molecule has 0 aromatic carbocycles. The van der Waals surface area contributed by atoms with Gasteiger partial charge in [0.2, 0.25) is 0 Å². The van der Waals surface area contributed by atoms with E-state index in [-0.39, 0.29) is 0 Å². The van der Waals surface area contributed by atoms with Gasteiger partial charge in [0.25, 0.3) is 0 Å². The lowest BCUT2D eigenvalue weighted by Gasteiger charge is -2.10. The van der Waals surface area contributed by atoms with E-state index in [1.54, 1.807) is 25.4 Å². The van der Waals surface area contributed by atoms with E-state index in [1.807, 2.05) is 6.07 Å². The van der Waals surface area contributed by atoms with Crippen LogP contribution in [-0.2, 0) is 4.74 Å². The van der Waals surface area contributed by atoms with Crippen LogP contribution in [0.1, 0.15) is 12.0 Å². The summed E-state index contributed by atoms with van der Waals surface area (Å²) in [5, 5.41) is 21.2. The van der Waals surface area contributed by atoms with E-state index < -0.39 is 6.10 Å². The molecule has 0 fully saturated rings. The first kappa shape index (κ1) is 12.4. The van der Waals surface area contributed by atoms with Crippen molar-refractivity contribution < 1.29 is 9.84 Å². The molecule has 86 valence electrons. The topological polar surface area (TPSA) is 78.2 Å². The number of hydrogen-bond acceptors (Lipinski definition) is 5. The largest absolute Gasteiger partial charge is 0.391 e. The first-order chi connectivity index (χ1) is 7.77. The molecule has 5 nitrogen and oxygen atoms in total. The second-order valence-corrected chi connectivity index (χ2v) is 3.34. The molecular weight excluding hydrogens is 206 g/mol. The highest BCUT2D eigenvalue weighted by atomic mass is 16.5. The summed E-state index contributed by atoms with van der Waals surface area (Å²) in [4.78, 5) is 4.05. The number of pyridine rings is 1. The van der Waals surface area contributed by atoms with Crippen molar-refractivity contribution in [1.29, 1.82) is 5.26 Å². The summed E-state index contributed by atoms with van der Waals surface area (Å²) in [6, 6.07) is 5.45. The summed E-state index contributed by atoms with van der Waals surface area (Å²) in [5.74, 6) is 0.551. The molecule has 2 N–H and O–H groups in total. The minimum absolute atomic E-state index is 0.314. The molecule has 1 unspecified atom stereocenters. The third-order valence-electron chi connectivity index (χ3n) is 2.06. The molecule has 0 aliphatic heterocycles. The van der Waals surface area contributed by atoms with Crippen molar-refractivity contribution >= 4 is 5.82 Å². The van der Waals surface area contributed by atoms with Gasteiger partial charge < -0.3 is 15.2 Å². The maximum absolute atomic E-state index is 9.40. The Bertz CT molecular complexity index is 362. The molecule has 0 saturated heterocycles. The zero-order valence-electron chi connectivity index (χ0n) is 9.18. The Balaban J connectivity index is 2.40. The Kier molecular flexibility index (Phi) is 5.26. The van der Waals surface area contributed by atoms with Gasteiger partial charge in [0, 0.05) is 19.9 Å². The quantitative estimate of drug-likeness (QED) is 0.741. The average molecular weight is 221 g/mol. The first-order valence-electron chi connectivity index (χ1n) is 5.04. The molecule has 0 aliphatic rings. The molecule has 1 aromatic rings. The number of nitrogens with one attached hydrogen (secondary N) is 1.